The Morgan fingerprint density at radius 2 is 2.12 bits per heavy atom. The van der Waals surface area contributed by atoms with Crippen LogP contribution in [0.1, 0.15) is 36.3 Å². The summed E-state index contributed by atoms with van der Waals surface area (Å²) < 4.78 is 0. The van der Waals surface area contributed by atoms with Gasteiger partial charge in [-0.1, -0.05) is 18.6 Å². The molecule has 1 aromatic rings. The van der Waals surface area contributed by atoms with Crippen LogP contribution >= 0.6 is 0 Å². The van der Waals surface area contributed by atoms with Crippen molar-refractivity contribution in [3.8, 4) is 0 Å². The van der Waals surface area contributed by atoms with Gasteiger partial charge in [0.05, 0.1) is 6.61 Å². The van der Waals surface area contributed by atoms with Crippen molar-refractivity contribution >= 4 is 11.6 Å². The molecule has 16 heavy (non-hydrogen) atoms. The Kier molecular flexibility index (Phi) is 2.21. The summed E-state index contributed by atoms with van der Waals surface area (Å²) in [5.41, 5.74) is 3.01. The lowest BCUT2D eigenvalue weighted by atomic mass is 9.83. The number of aliphatic hydroxyl groups is 1. The average Bonchev–Trinajstić information content (AvgIpc) is 2.78. The Bertz CT molecular complexity index is 442. The molecule has 3 nitrogen and oxygen atoms in total. The van der Waals surface area contributed by atoms with Crippen molar-refractivity contribution in [2.75, 3.05) is 5.32 Å². The van der Waals surface area contributed by atoms with Crippen LogP contribution in [0.15, 0.2) is 18.2 Å². The molecule has 0 radical (unpaired) electrons. The van der Waals surface area contributed by atoms with Gasteiger partial charge in [0.2, 0.25) is 5.91 Å². The van der Waals surface area contributed by atoms with Gasteiger partial charge in [0, 0.05) is 11.6 Å². The highest BCUT2D eigenvalue weighted by Crippen LogP contribution is 2.46. The zero-order chi connectivity index (χ0) is 11.1. The zero-order valence-electron chi connectivity index (χ0n) is 9.07. The highest BCUT2D eigenvalue weighted by molar-refractivity contribution is 5.97. The molecular formula is C13H15NO2. The number of hydrogen-bond donors (Lipinski definition) is 2. The maximum absolute atomic E-state index is 11.9. The van der Waals surface area contributed by atoms with Crippen LogP contribution in [0.4, 0.5) is 5.69 Å². The standard InChI is InChI=1S/C13H15NO2/c15-7-8-4-5-10-9-2-1-3-11(9)13(16)14-12(10)6-8/h4-6,9,11,15H,1-3,7H2,(H,14,16). The molecule has 0 aromatic heterocycles. The molecule has 2 atom stereocenters. The molecule has 84 valence electrons. The van der Waals surface area contributed by atoms with Crippen LogP contribution < -0.4 is 5.32 Å². The van der Waals surface area contributed by atoms with Crippen LogP contribution in [-0.4, -0.2) is 11.0 Å². The van der Waals surface area contributed by atoms with Crippen LogP contribution in [0.25, 0.3) is 0 Å². The molecule has 0 saturated heterocycles. The van der Waals surface area contributed by atoms with Gasteiger partial charge in [0.25, 0.3) is 0 Å². The molecule has 2 aliphatic rings. The molecule has 1 aliphatic carbocycles. The summed E-state index contributed by atoms with van der Waals surface area (Å²) in [4.78, 5) is 11.9. The molecule has 0 bridgehead atoms. The van der Waals surface area contributed by atoms with E-state index in [1.165, 1.54) is 5.56 Å². The smallest absolute Gasteiger partial charge is 0.228 e. The van der Waals surface area contributed by atoms with E-state index in [0.29, 0.717) is 5.92 Å². The van der Waals surface area contributed by atoms with E-state index in [1.54, 1.807) is 0 Å². The topological polar surface area (TPSA) is 49.3 Å². The van der Waals surface area contributed by atoms with Gasteiger partial charge in [-0.05, 0) is 36.0 Å². The van der Waals surface area contributed by atoms with Crippen molar-refractivity contribution in [2.45, 2.75) is 31.8 Å². The molecule has 1 heterocycles. The number of carbonyl (C=O) groups is 1. The fraction of sp³-hybridized carbons (Fsp3) is 0.462. The summed E-state index contributed by atoms with van der Waals surface area (Å²) in [7, 11) is 0. The van der Waals surface area contributed by atoms with Crippen molar-refractivity contribution in [1.82, 2.24) is 0 Å². The molecule has 1 amide bonds. The molecular weight excluding hydrogens is 202 g/mol. The summed E-state index contributed by atoms with van der Waals surface area (Å²) in [5, 5.41) is 12.0. The molecule has 1 fully saturated rings. The number of rotatable bonds is 1. The van der Waals surface area contributed by atoms with E-state index in [-0.39, 0.29) is 18.4 Å². The second-order valence-corrected chi connectivity index (χ2v) is 4.71. The monoisotopic (exact) mass is 217 g/mol. The molecule has 1 saturated carbocycles. The Morgan fingerprint density at radius 1 is 1.31 bits per heavy atom. The van der Waals surface area contributed by atoms with Gasteiger partial charge in [-0.25, -0.2) is 0 Å². The van der Waals surface area contributed by atoms with Crippen LogP contribution in [0.3, 0.4) is 0 Å². The van der Waals surface area contributed by atoms with Crippen molar-refractivity contribution in [3.63, 3.8) is 0 Å². The quantitative estimate of drug-likeness (QED) is 0.756. The average molecular weight is 217 g/mol. The maximum atomic E-state index is 11.9. The predicted molar refractivity (Wildman–Crippen MR) is 61.1 cm³/mol. The van der Waals surface area contributed by atoms with Gasteiger partial charge in [-0.3, -0.25) is 4.79 Å². The Morgan fingerprint density at radius 3 is 2.94 bits per heavy atom. The number of hydrogen-bond acceptors (Lipinski definition) is 2. The van der Waals surface area contributed by atoms with Crippen LogP contribution in [-0.2, 0) is 11.4 Å². The van der Waals surface area contributed by atoms with E-state index >= 15 is 0 Å². The number of anilines is 1. The Hall–Kier alpha value is -1.35. The van der Waals surface area contributed by atoms with Crippen molar-refractivity contribution < 1.29 is 9.90 Å². The minimum atomic E-state index is 0.0250. The van der Waals surface area contributed by atoms with Gasteiger partial charge in [0.1, 0.15) is 0 Å². The number of nitrogens with one attached hydrogen (secondary N) is 1. The third-order valence-electron chi connectivity index (χ3n) is 3.81. The first-order chi connectivity index (χ1) is 7.79. The molecule has 3 rings (SSSR count). The third-order valence-corrected chi connectivity index (χ3v) is 3.81. The van der Waals surface area contributed by atoms with Gasteiger partial charge < -0.3 is 10.4 Å². The first-order valence-corrected chi connectivity index (χ1v) is 5.84. The second-order valence-electron chi connectivity index (χ2n) is 4.71. The van der Waals surface area contributed by atoms with E-state index < -0.39 is 0 Å². The number of benzene rings is 1. The van der Waals surface area contributed by atoms with Crippen molar-refractivity contribution in [1.29, 1.82) is 0 Å². The van der Waals surface area contributed by atoms with E-state index in [2.05, 4.69) is 11.4 Å². The highest BCUT2D eigenvalue weighted by atomic mass is 16.3. The zero-order valence-corrected chi connectivity index (χ0v) is 9.07. The highest BCUT2D eigenvalue weighted by Gasteiger charge is 2.38. The van der Waals surface area contributed by atoms with E-state index in [0.717, 1.165) is 30.5 Å². The van der Waals surface area contributed by atoms with Crippen LogP contribution in [0.2, 0.25) is 0 Å². The van der Waals surface area contributed by atoms with E-state index in [4.69, 9.17) is 5.11 Å². The number of amides is 1. The molecule has 1 aromatic carbocycles. The second kappa shape index (κ2) is 3.59. The molecule has 0 spiro atoms. The summed E-state index contributed by atoms with van der Waals surface area (Å²) in [6, 6.07) is 5.90. The first-order valence-electron chi connectivity index (χ1n) is 5.84. The first kappa shape index (κ1) is 9.85. The Labute approximate surface area is 94.5 Å². The van der Waals surface area contributed by atoms with Crippen molar-refractivity contribution in [3.05, 3.63) is 29.3 Å². The summed E-state index contributed by atoms with van der Waals surface area (Å²) in [6.45, 7) is 0.0250. The van der Waals surface area contributed by atoms with Crippen LogP contribution in [0.5, 0.6) is 0 Å². The van der Waals surface area contributed by atoms with Gasteiger partial charge in [0.15, 0.2) is 0 Å². The van der Waals surface area contributed by atoms with Gasteiger partial charge in [-0.15, -0.1) is 0 Å². The number of aliphatic hydroxyl groups excluding tert-OH is 1. The van der Waals surface area contributed by atoms with Gasteiger partial charge >= 0.3 is 0 Å². The van der Waals surface area contributed by atoms with E-state index in [9.17, 15) is 4.79 Å². The predicted octanol–water partition coefficient (Wildman–Crippen LogP) is 2.01. The molecule has 2 N–H and O–H groups in total. The number of fused-ring (bicyclic) bond motifs is 3. The fourth-order valence-electron chi connectivity index (χ4n) is 3.00. The molecule has 3 heteroatoms. The van der Waals surface area contributed by atoms with Crippen LogP contribution in [0, 0.1) is 5.92 Å². The SMILES string of the molecule is O=C1Nc2cc(CO)ccc2C2CCCC12. The van der Waals surface area contributed by atoms with E-state index in [1.807, 2.05) is 12.1 Å². The summed E-state index contributed by atoms with van der Waals surface area (Å²) >= 11 is 0. The molecule has 1 aliphatic heterocycles. The largest absolute Gasteiger partial charge is 0.392 e. The Balaban J connectivity index is 2.06. The normalized spacial score (nSPS) is 27.2. The van der Waals surface area contributed by atoms with Crippen molar-refractivity contribution in [2.24, 2.45) is 5.92 Å². The lowest BCUT2D eigenvalue weighted by Crippen LogP contribution is -2.30. The minimum Gasteiger partial charge on any atom is -0.392 e. The van der Waals surface area contributed by atoms with Gasteiger partial charge in [-0.2, -0.15) is 0 Å². The molecule has 2 unspecified atom stereocenters. The lowest BCUT2D eigenvalue weighted by Gasteiger charge is -2.28. The number of carbonyl (C=O) groups excluding carboxylic acids is 1. The fourth-order valence-corrected chi connectivity index (χ4v) is 3.00. The summed E-state index contributed by atoms with van der Waals surface area (Å²) in [5.74, 6) is 0.731. The lowest BCUT2D eigenvalue weighted by molar-refractivity contribution is -0.120. The minimum absolute atomic E-state index is 0.0250. The third kappa shape index (κ3) is 1.35. The summed E-state index contributed by atoms with van der Waals surface area (Å²) in [6.07, 6.45) is 3.27. The maximum Gasteiger partial charge on any atom is 0.228 e.